The number of carbonyl (C=O) groups excluding carboxylic acids is 2. The third-order valence-electron chi connectivity index (χ3n) is 7.78. The minimum atomic E-state index is -0.0000999. The number of benzene rings is 2. The molecule has 180 valence electrons. The summed E-state index contributed by atoms with van der Waals surface area (Å²) >= 11 is 0. The molecule has 0 radical (unpaired) electrons. The van der Waals surface area contributed by atoms with Gasteiger partial charge in [-0.05, 0) is 61.1 Å². The Labute approximate surface area is 202 Å². The van der Waals surface area contributed by atoms with Gasteiger partial charge in [-0.15, -0.1) is 0 Å². The van der Waals surface area contributed by atoms with E-state index in [0.29, 0.717) is 11.5 Å². The van der Waals surface area contributed by atoms with Gasteiger partial charge in [-0.3, -0.25) is 14.5 Å². The van der Waals surface area contributed by atoms with Crippen LogP contribution < -0.4 is 0 Å². The molecule has 0 aromatic heterocycles. The van der Waals surface area contributed by atoms with Crippen molar-refractivity contribution in [1.29, 1.82) is 0 Å². The molecule has 0 spiro atoms. The van der Waals surface area contributed by atoms with Crippen LogP contribution in [-0.4, -0.2) is 84.0 Å². The fourth-order valence-electron chi connectivity index (χ4n) is 5.69. The van der Waals surface area contributed by atoms with Crippen LogP contribution in [-0.2, 0) is 4.79 Å². The Kier molecular flexibility index (Phi) is 6.45. The number of hydrogen-bond acceptors (Lipinski definition) is 4. The molecule has 1 aliphatic carbocycles. The Morgan fingerprint density at radius 3 is 2.15 bits per heavy atom. The van der Waals surface area contributed by atoms with Gasteiger partial charge in [0.05, 0.1) is 6.61 Å². The first-order valence-corrected chi connectivity index (χ1v) is 12.6. The van der Waals surface area contributed by atoms with Crippen molar-refractivity contribution in [3.05, 3.63) is 59.7 Å². The second-order valence-corrected chi connectivity index (χ2v) is 10.2. The normalized spacial score (nSPS) is 25.0. The summed E-state index contributed by atoms with van der Waals surface area (Å²) in [5, 5.41) is 10.2. The highest BCUT2D eigenvalue weighted by atomic mass is 16.3. The molecule has 2 aromatic rings. The minimum Gasteiger partial charge on any atom is -0.395 e. The molecule has 34 heavy (non-hydrogen) atoms. The highest BCUT2D eigenvalue weighted by Crippen LogP contribution is 2.43. The Hall–Kier alpha value is -2.70. The van der Waals surface area contributed by atoms with Gasteiger partial charge < -0.3 is 14.9 Å². The van der Waals surface area contributed by atoms with Crippen LogP contribution in [0.5, 0.6) is 0 Å². The average molecular weight is 462 g/mol. The lowest BCUT2D eigenvalue weighted by Crippen LogP contribution is -2.68. The number of rotatable bonds is 5. The smallest absolute Gasteiger partial charge is 0.253 e. The summed E-state index contributed by atoms with van der Waals surface area (Å²) in [6, 6.07) is 16.7. The molecule has 1 saturated carbocycles. The molecule has 3 atom stereocenters. The van der Waals surface area contributed by atoms with Gasteiger partial charge >= 0.3 is 0 Å². The van der Waals surface area contributed by atoms with Gasteiger partial charge in [0.1, 0.15) is 0 Å². The molecule has 2 aliphatic heterocycles. The highest BCUT2D eigenvalue weighted by Gasteiger charge is 2.50. The summed E-state index contributed by atoms with van der Waals surface area (Å²) in [5.74, 6) is 0.810. The van der Waals surface area contributed by atoms with Crippen LogP contribution in [0.25, 0.3) is 11.1 Å². The molecule has 3 fully saturated rings. The number of nitrogens with zero attached hydrogens (tertiary/aromatic N) is 3. The zero-order valence-corrected chi connectivity index (χ0v) is 20.2. The van der Waals surface area contributed by atoms with Crippen LogP contribution >= 0.6 is 0 Å². The molecule has 2 heterocycles. The van der Waals surface area contributed by atoms with Crippen molar-refractivity contribution in [2.75, 3.05) is 40.3 Å². The maximum atomic E-state index is 12.8. The summed E-state index contributed by atoms with van der Waals surface area (Å²) in [5.41, 5.74) is 4.08. The SMILES string of the molecule is CN(C)C(=O)c1ccc(-c2ccc([C@@H]3[C@@H](CO)N4CCCCN(C(=O)C5CC5)C[C@H]34)cc2)cc1. The van der Waals surface area contributed by atoms with Crippen LogP contribution in [0.1, 0.15) is 47.5 Å². The van der Waals surface area contributed by atoms with E-state index in [1.54, 1.807) is 19.0 Å². The molecule has 2 aromatic carbocycles. The van der Waals surface area contributed by atoms with Gasteiger partial charge in [0.2, 0.25) is 5.91 Å². The van der Waals surface area contributed by atoms with Crippen molar-refractivity contribution in [1.82, 2.24) is 14.7 Å². The monoisotopic (exact) mass is 461 g/mol. The number of hydrogen-bond donors (Lipinski definition) is 1. The lowest BCUT2D eigenvalue weighted by molar-refractivity contribution is -0.137. The third kappa shape index (κ3) is 4.37. The largest absolute Gasteiger partial charge is 0.395 e. The van der Waals surface area contributed by atoms with Crippen molar-refractivity contribution in [2.45, 2.75) is 43.7 Å². The van der Waals surface area contributed by atoms with Gasteiger partial charge in [-0.2, -0.15) is 0 Å². The molecular weight excluding hydrogens is 426 g/mol. The van der Waals surface area contributed by atoms with E-state index in [9.17, 15) is 14.7 Å². The minimum absolute atomic E-state index is 0.0000999. The van der Waals surface area contributed by atoms with E-state index in [-0.39, 0.29) is 36.4 Å². The van der Waals surface area contributed by atoms with Crippen LogP contribution in [0.3, 0.4) is 0 Å². The van der Waals surface area contributed by atoms with E-state index in [1.165, 1.54) is 5.56 Å². The Balaban J connectivity index is 1.34. The molecule has 0 unspecified atom stereocenters. The molecule has 6 heteroatoms. The van der Waals surface area contributed by atoms with Crippen molar-refractivity contribution < 1.29 is 14.7 Å². The van der Waals surface area contributed by atoms with Gasteiger partial charge in [-0.1, -0.05) is 36.4 Å². The van der Waals surface area contributed by atoms with Crippen LogP contribution in [0.2, 0.25) is 0 Å². The number of amides is 2. The van der Waals surface area contributed by atoms with Gasteiger partial charge in [0, 0.05) is 56.7 Å². The molecular formula is C28H35N3O3. The number of carbonyl (C=O) groups is 2. The second-order valence-electron chi connectivity index (χ2n) is 10.2. The van der Waals surface area contributed by atoms with Crippen LogP contribution in [0, 0.1) is 5.92 Å². The van der Waals surface area contributed by atoms with Gasteiger partial charge in [0.25, 0.3) is 5.91 Å². The Morgan fingerprint density at radius 2 is 1.56 bits per heavy atom. The first kappa shape index (κ1) is 23.1. The van der Waals surface area contributed by atoms with Crippen molar-refractivity contribution in [3.63, 3.8) is 0 Å². The van der Waals surface area contributed by atoms with E-state index < -0.39 is 0 Å². The fraction of sp³-hybridized carbons (Fsp3) is 0.500. The van der Waals surface area contributed by atoms with Crippen molar-refractivity contribution >= 4 is 11.8 Å². The van der Waals surface area contributed by atoms with Crippen molar-refractivity contribution in [3.8, 4) is 11.1 Å². The molecule has 3 aliphatic rings. The highest BCUT2D eigenvalue weighted by molar-refractivity contribution is 5.94. The maximum Gasteiger partial charge on any atom is 0.253 e. The Bertz CT molecular complexity index is 1030. The second kappa shape index (κ2) is 9.51. The first-order valence-electron chi connectivity index (χ1n) is 12.6. The third-order valence-corrected chi connectivity index (χ3v) is 7.78. The fourth-order valence-corrected chi connectivity index (χ4v) is 5.69. The summed E-state index contributed by atoms with van der Waals surface area (Å²) in [7, 11) is 3.51. The summed E-state index contributed by atoms with van der Waals surface area (Å²) < 4.78 is 0. The van der Waals surface area contributed by atoms with Crippen LogP contribution in [0.4, 0.5) is 0 Å². The lowest BCUT2D eigenvalue weighted by Gasteiger charge is -2.57. The van der Waals surface area contributed by atoms with E-state index in [2.05, 4.69) is 34.1 Å². The topological polar surface area (TPSA) is 64.1 Å². The van der Waals surface area contributed by atoms with E-state index >= 15 is 0 Å². The number of aliphatic hydroxyl groups excluding tert-OH is 1. The maximum absolute atomic E-state index is 12.8. The quantitative estimate of drug-likeness (QED) is 0.743. The first-order chi connectivity index (χ1) is 16.5. The van der Waals surface area contributed by atoms with Gasteiger partial charge in [-0.25, -0.2) is 0 Å². The van der Waals surface area contributed by atoms with Crippen LogP contribution in [0.15, 0.2) is 48.5 Å². The standard InChI is InChI=1S/C28H35N3O3/c1-29(2)27(33)22-11-7-20(8-12-22)19-5-9-21(10-6-19)26-24-17-30(28(34)23-13-14-23)15-3-4-16-31(24)25(26)18-32/h5-12,23-26,32H,3-4,13-18H2,1-2H3/t24-,25-,26+/m1/s1. The molecule has 1 N–H and O–H groups in total. The Morgan fingerprint density at radius 1 is 0.941 bits per heavy atom. The van der Waals surface area contributed by atoms with E-state index in [0.717, 1.165) is 56.4 Å². The van der Waals surface area contributed by atoms with E-state index in [4.69, 9.17) is 0 Å². The lowest BCUT2D eigenvalue weighted by atomic mass is 9.74. The predicted octanol–water partition coefficient (Wildman–Crippen LogP) is 3.22. The number of aliphatic hydroxyl groups is 1. The van der Waals surface area contributed by atoms with Crippen molar-refractivity contribution in [2.24, 2.45) is 5.92 Å². The average Bonchev–Trinajstić information content (AvgIpc) is 3.68. The zero-order chi connectivity index (χ0) is 23.8. The summed E-state index contributed by atoms with van der Waals surface area (Å²) in [6.07, 6.45) is 4.19. The van der Waals surface area contributed by atoms with E-state index in [1.807, 2.05) is 24.3 Å². The molecule has 0 bridgehead atoms. The number of fused-ring (bicyclic) bond motifs is 1. The predicted molar refractivity (Wildman–Crippen MR) is 133 cm³/mol. The molecule has 6 nitrogen and oxygen atoms in total. The molecule has 5 rings (SSSR count). The molecule has 2 amide bonds. The van der Waals surface area contributed by atoms with Gasteiger partial charge in [0.15, 0.2) is 0 Å². The molecule has 2 saturated heterocycles. The zero-order valence-electron chi connectivity index (χ0n) is 20.2. The summed E-state index contributed by atoms with van der Waals surface area (Å²) in [4.78, 5) is 31.1. The summed E-state index contributed by atoms with van der Waals surface area (Å²) in [6.45, 7) is 2.76.